The molecule has 1 nitrogen and oxygen atoms in total. The molecule has 0 spiro atoms. The predicted molar refractivity (Wildman–Crippen MR) is 63.9 cm³/mol. The van der Waals surface area contributed by atoms with E-state index in [9.17, 15) is 0 Å². The van der Waals surface area contributed by atoms with Gasteiger partial charge in [0.2, 0.25) is 0 Å². The fourth-order valence-corrected chi connectivity index (χ4v) is 2.36. The summed E-state index contributed by atoms with van der Waals surface area (Å²) in [6.07, 6.45) is 1.17. The molecule has 0 saturated heterocycles. The fraction of sp³-hybridized carbons (Fsp3) is 0.600. The molecular formula is C10H17NS2. The molecule has 0 aliphatic heterocycles. The minimum absolute atomic E-state index is 0.980. The topological polar surface area (TPSA) is 3.24 Å². The van der Waals surface area contributed by atoms with Crippen LogP contribution in [0.15, 0.2) is 11.4 Å². The number of hydrogen-bond acceptors (Lipinski definition) is 3. The third-order valence-electron chi connectivity index (χ3n) is 2.08. The maximum absolute atomic E-state index is 4.21. The van der Waals surface area contributed by atoms with Gasteiger partial charge in [0.1, 0.15) is 0 Å². The third-order valence-corrected chi connectivity index (χ3v) is 3.40. The fourth-order valence-electron chi connectivity index (χ4n) is 1.23. The molecule has 0 unspecified atom stereocenters. The van der Waals surface area contributed by atoms with Gasteiger partial charge < -0.3 is 4.90 Å². The van der Waals surface area contributed by atoms with Crippen LogP contribution in [0.2, 0.25) is 0 Å². The summed E-state index contributed by atoms with van der Waals surface area (Å²) in [6.45, 7) is 4.40. The average Bonchev–Trinajstić information content (AvgIpc) is 2.48. The van der Waals surface area contributed by atoms with Crippen molar-refractivity contribution in [2.45, 2.75) is 19.9 Å². The van der Waals surface area contributed by atoms with Crippen LogP contribution in [-0.2, 0) is 6.54 Å². The van der Waals surface area contributed by atoms with E-state index >= 15 is 0 Å². The van der Waals surface area contributed by atoms with E-state index in [1.54, 1.807) is 0 Å². The zero-order valence-corrected chi connectivity index (χ0v) is 10.00. The van der Waals surface area contributed by atoms with Gasteiger partial charge >= 0.3 is 0 Å². The van der Waals surface area contributed by atoms with Crippen LogP contribution in [0, 0.1) is 6.92 Å². The highest BCUT2D eigenvalue weighted by atomic mass is 32.1. The van der Waals surface area contributed by atoms with Gasteiger partial charge in [0, 0.05) is 11.4 Å². The summed E-state index contributed by atoms with van der Waals surface area (Å²) in [5.41, 5.74) is 1.42. The molecule has 0 aliphatic carbocycles. The molecule has 1 heterocycles. The number of hydrogen-bond donors (Lipinski definition) is 1. The van der Waals surface area contributed by atoms with E-state index in [0.717, 1.165) is 18.8 Å². The maximum atomic E-state index is 4.21. The molecule has 0 aliphatic rings. The molecule has 0 fully saturated rings. The number of thiol groups is 1. The van der Waals surface area contributed by atoms with Gasteiger partial charge in [-0.25, -0.2) is 0 Å². The van der Waals surface area contributed by atoms with Gasteiger partial charge in [-0.05, 0) is 49.7 Å². The second-order valence-electron chi connectivity index (χ2n) is 3.34. The lowest BCUT2D eigenvalue weighted by atomic mass is 10.3. The number of aryl methyl sites for hydroxylation is 1. The van der Waals surface area contributed by atoms with Crippen LogP contribution in [-0.4, -0.2) is 24.2 Å². The molecule has 0 aromatic carbocycles. The standard InChI is InChI=1S/C10H17NS2/c1-9-4-7-13-10(9)8-11(2)5-3-6-12/h4,7,12H,3,5-6,8H2,1-2H3. The molecule has 1 aromatic heterocycles. The van der Waals surface area contributed by atoms with Crippen molar-refractivity contribution in [1.29, 1.82) is 0 Å². The van der Waals surface area contributed by atoms with E-state index in [0.29, 0.717) is 0 Å². The Morgan fingerprint density at radius 1 is 1.54 bits per heavy atom. The summed E-state index contributed by atoms with van der Waals surface area (Å²) in [4.78, 5) is 3.84. The molecule has 1 rings (SSSR count). The van der Waals surface area contributed by atoms with Crippen molar-refractivity contribution >= 4 is 24.0 Å². The summed E-state index contributed by atoms with van der Waals surface area (Å²) in [5, 5.41) is 2.16. The van der Waals surface area contributed by atoms with Gasteiger partial charge in [-0.1, -0.05) is 0 Å². The van der Waals surface area contributed by atoms with E-state index in [-0.39, 0.29) is 0 Å². The van der Waals surface area contributed by atoms with Crippen LogP contribution < -0.4 is 0 Å². The minimum Gasteiger partial charge on any atom is -0.301 e. The van der Waals surface area contributed by atoms with Crippen LogP contribution in [0.1, 0.15) is 16.9 Å². The molecule has 3 heteroatoms. The van der Waals surface area contributed by atoms with Crippen molar-refractivity contribution < 1.29 is 0 Å². The summed E-state index contributed by atoms with van der Waals surface area (Å²) < 4.78 is 0. The van der Waals surface area contributed by atoms with E-state index in [1.165, 1.54) is 16.9 Å². The van der Waals surface area contributed by atoms with Crippen molar-refractivity contribution in [1.82, 2.24) is 4.90 Å². The Kier molecular flexibility index (Phi) is 4.84. The van der Waals surface area contributed by atoms with Gasteiger partial charge in [0.15, 0.2) is 0 Å². The Labute approximate surface area is 90.2 Å². The minimum atomic E-state index is 0.980. The van der Waals surface area contributed by atoms with Gasteiger partial charge in [-0.15, -0.1) is 11.3 Å². The van der Waals surface area contributed by atoms with Crippen molar-refractivity contribution in [3.05, 3.63) is 21.9 Å². The van der Waals surface area contributed by atoms with Crippen molar-refractivity contribution in [2.24, 2.45) is 0 Å². The lowest BCUT2D eigenvalue weighted by Gasteiger charge is -2.15. The van der Waals surface area contributed by atoms with Crippen molar-refractivity contribution in [3.8, 4) is 0 Å². The largest absolute Gasteiger partial charge is 0.301 e. The lowest BCUT2D eigenvalue weighted by Crippen LogP contribution is -2.19. The van der Waals surface area contributed by atoms with Gasteiger partial charge in [0.25, 0.3) is 0 Å². The Bertz CT molecular complexity index is 245. The van der Waals surface area contributed by atoms with Crippen LogP contribution in [0.5, 0.6) is 0 Å². The zero-order valence-electron chi connectivity index (χ0n) is 8.29. The third kappa shape index (κ3) is 3.71. The Morgan fingerprint density at radius 2 is 2.31 bits per heavy atom. The molecule has 0 radical (unpaired) electrons. The van der Waals surface area contributed by atoms with Crippen molar-refractivity contribution in [3.63, 3.8) is 0 Å². The maximum Gasteiger partial charge on any atom is 0.0327 e. The predicted octanol–water partition coefficient (Wildman–Crippen LogP) is 2.81. The Morgan fingerprint density at radius 3 is 2.85 bits per heavy atom. The van der Waals surface area contributed by atoms with E-state index < -0.39 is 0 Å². The second-order valence-corrected chi connectivity index (χ2v) is 4.79. The molecule has 74 valence electrons. The zero-order chi connectivity index (χ0) is 9.68. The highest BCUT2D eigenvalue weighted by molar-refractivity contribution is 7.80. The van der Waals surface area contributed by atoms with E-state index in [1.807, 2.05) is 11.3 Å². The van der Waals surface area contributed by atoms with E-state index in [2.05, 4.69) is 42.9 Å². The monoisotopic (exact) mass is 215 g/mol. The Balaban J connectivity index is 2.36. The molecule has 0 amide bonds. The number of thiophene rings is 1. The normalized spacial score (nSPS) is 11.1. The van der Waals surface area contributed by atoms with E-state index in [4.69, 9.17) is 0 Å². The van der Waals surface area contributed by atoms with Crippen LogP contribution in [0.25, 0.3) is 0 Å². The first-order chi connectivity index (χ1) is 6.24. The van der Waals surface area contributed by atoms with Gasteiger partial charge in [-0.3, -0.25) is 0 Å². The van der Waals surface area contributed by atoms with Crippen LogP contribution in [0.4, 0.5) is 0 Å². The Hall–Kier alpha value is 0.01000. The molecule has 0 atom stereocenters. The summed E-state index contributed by atoms with van der Waals surface area (Å²) in [5.74, 6) is 0.980. The lowest BCUT2D eigenvalue weighted by molar-refractivity contribution is 0.331. The molecule has 1 aromatic rings. The summed E-state index contributed by atoms with van der Waals surface area (Å²) in [6, 6.07) is 2.19. The highest BCUT2D eigenvalue weighted by Gasteiger charge is 2.03. The second kappa shape index (κ2) is 5.68. The van der Waals surface area contributed by atoms with Crippen molar-refractivity contribution in [2.75, 3.05) is 19.3 Å². The van der Waals surface area contributed by atoms with Gasteiger partial charge in [-0.2, -0.15) is 12.6 Å². The molecular weight excluding hydrogens is 198 g/mol. The quantitative estimate of drug-likeness (QED) is 0.739. The average molecular weight is 215 g/mol. The first kappa shape index (κ1) is 11.1. The van der Waals surface area contributed by atoms with Crippen LogP contribution in [0.3, 0.4) is 0 Å². The summed E-state index contributed by atoms with van der Waals surface area (Å²) in [7, 11) is 2.17. The molecule has 0 bridgehead atoms. The first-order valence-electron chi connectivity index (χ1n) is 4.56. The summed E-state index contributed by atoms with van der Waals surface area (Å²) >= 11 is 6.06. The number of nitrogens with zero attached hydrogens (tertiary/aromatic N) is 1. The van der Waals surface area contributed by atoms with Crippen LogP contribution >= 0.6 is 24.0 Å². The number of rotatable bonds is 5. The smallest absolute Gasteiger partial charge is 0.0327 e. The van der Waals surface area contributed by atoms with Gasteiger partial charge in [0.05, 0.1) is 0 Å². The highest BCUT2D eigenvalue weighted by Crippen LogP contribution is 2.17. The molecule has 0 saturated carbocycles. The first-order valence-corrected chi connectivity index (χ1v) is 6.07. The molecule has 13 heavy (non-hydrogen) atoms. The molecule has 0 N–H and O–H groups in total. The SMILES string of the molecule is Cc1ccsc1CN(C)CCCS.